The van der Waals surface area contributed by atoms with Gasteiger partial charge in [0, 0.05) is 24.4 Å². The normalized spacial score (nSPS) is 21.0. The van der Waals surface area contributed by atoms with Crippen LogP contribution in [0.25, 0.3) is 11.3 Å². The zero-order valence-electron chi connectivity index (χ0n) is 22.8. The van der Waals surface area contributed by atoms with E-state index < -0.39 is 35.8 Å². The standard InChI is InChI=1S/C29H28Cl2F2N4O5/c1-14-4-3-5-20(37-11-10-21(42-29(37)40)23-18(32)9-8-17(30)24(23)33)27-35-25(26(31)36-27)16-7-6-15(13-22(38)41-2)12-19(16)34-28(14)39/h6-9,12,14,20-21H,3-5,10-11,13H2,1-2H3,(H,34,39)(H,35,36)/t14-,20+,21?/m1/s1. The molecule has 3 atom stereocenters. The fourth-order valence-corrected chi connectivity index (χ4v) is 5.73. The fourth-order valence-electron chi connectivity index (χ4n) is 5.32. The van der Waals surface area contributed by atoms with Gasteiger partial charge < -0.3 is 19.8 Å². The van der Waals surface area contributed by atoms with E-state index in [2.05, 4.69) is 10.3 Å². The highest BCUT2D eigenvalue weighted by Crippen LogP contribution is 2.40. The van der Waals surface area contributed by atoms with Crippen LogP contribution in [0.2, 0.25) is 10.2 Å². The Balaban J connectivity index is 1.48. The number of hydrogen-bond acceptors (Lipinski definition) is 6. The van der Waals surface area contributed by atoms with Gasteiger partial charge in [-0.15, -0.1) is 0 Å². The van der Waals surface area contributed by atoms with Crippen molar-refractivity contribution in [2.75, 3.05) is 19.0 Å². The molecule has 13 heteroatoms. The van der Waals surface area contributed by atoms with Gasteiger partial charge in [-0.2, -0.15) is 0 Å². The molecule has 2 aliphatic heterocycles. The highest BCUT2D eigenvalue weighted by molar-refractivity contribution is 6.32. The summed E-state index contributed by atoms with van der Waals surface area (Å²) in [4.78, 5) is 47.5. The predicted molar refractivity (Wildman–Crippen MR) is 151 cm³/mol. The Morgan fingerprint density at radius 3 is 2.69 bits per heavy atom. The van der Waals surface area contributed by atoms with Crippen LogP contribution in [0.5, 0.6) is 0 Å². The Morgan fingerprint density at radius 2 is 1.95 bits per heavy atom. The zero-order chi connectivity index (χ0) is 30.1. The number of halogens is 4. The van der Waals surface area contributed by atoms with Gasteiger partial charge in [-0.1, -0.05) is 48.7 Å². The minimum Gasteiger partial charge on any atom is -0.469 e. The molecular weight excluding hydrogens is 593 g/mol. The van der Waals surface area contributed by atoms with E-state index in [9.17, 15) is 23.2 Å². The molecule has 5 rings (SSSR count). The lowest BCUT2D eigenvalue weighted by atomic mass is 9.97. The lowest BCUT2D eigenvalue weighted by Gasteiger charge is -2.36. The van der Waals surface area contributed by atoms with Gasteiger partial charge >= 0.3 is 12.1 Å². The first kappa shape index (κ1) is 29.8. The molecule has 2 aliphatic rings. The van der Waals surface area contributed by atoms with Gasteiger partial charge in [0.2, 0.25) is 5.91 Å². The van der Waals surface area contributed by atoms with Crippen LogP contribution in [0.15, 0.2) is 30.3 Å². The van der Waals surface area contributed by atoms with Crippen molar-refractivity contribution in [1.29, 1.82) is 0 Å². The molecule has 2 aromatic carbocycles. The molecule has 0 aliphatic carbocycles. The fraction of sp³-hybridized carbons (Fsp3) is 0.379. The van der Waals surface area contributed by atoms with E-state index in [1.54, 1.807) is 25.1 Å². The van der Waals surface area contributed by atoms with Crippen LogP contribution in [0.1, 0.15) is 61.7 Å². The number of amides is 2. The van der Waals surface area contributed by atoms with Crippen molar-refractivity contribution < 1.29 is 32.6 Å². The number of H-pyrrole nitrogens is 1. The Morgan fingerprint density at radius 1 is 1.17 bits per heavy atom. The summed E-state index contributed by atoms with van der Waals surface area (Å²) in [6, 6.07) is 6.63. The molecule has 3 heterocycles. The number of aromatic nitrogens is 2. The summed E-state index contributed by atoms with van der Waals surface area (Å²) in [5.74, 6) is -2.43. The van der Waals surface area contributed by atoms with E-state index >= 15 is 0 Å². The molecule has 2 amide bonds. The Kier molecular flexibility index (Phi) is 8.70. The quantitative estimate of drug-likeness (QED) is 0.246. The Bertz CT molecular complexity index is 1550. The van der Waals surface area contributed by atoms with Gasteiger partial charge in [-0.05, 0) is 36.6 Å². The topological polar surface area (TPSA) is 114 Å². The summed E-state index contributed by atoms with van der Waals surface area (Å²) in [5, 5.41) is 2.86. The van der Waals surface area contributed by atoms with E-state index in [0.29, 0.717) is 47.6 Å². The van der Waals surface area contributed by atoms with Crippen LogP contribution in [-0.2, 0) is 25.5 Å². The van der Waals surface area contributed by atoms with Gasteiger partial charge in [0.15, 0.2) is 5.82 Å². The number of hydrogen-bond donors (Lipinski definition) is 2. The summed E-state index contributed by atoms with van der Waals surface area (Å²) < 4.78 is 39.5. The zero-order valence-corrected chi connectivity index (χ0v) is 24.3. The number of benzene rings is 2. The first-order valence-electron chi connectivity index (χ1n) is 13.4. The van der Waals surface area contributed by atoms with Crippen molar-refractivity contribution in [2.45, 2.75) is 51.2 Å². The van der Waals surface area contributed by atoms with Crippen LogP contribution >= 0.6 is 23.2 Å². The second kappa shape index (κ2) is 12.3. The number of carbonyl (C=O) groups is 3. The number of imidazole rings is 1. The van der Waals surface area contributed by atoms with Crippen molar-refractivity contribution >= 4 is 46.9 Å². The lowest BCUT2D eigenvalue weighted by molar-refractivity contribution is -0.139. The molecule has 1 saturated heterocycles. The van der Waals surface area contributed by atoms with Gasteiger partial charge in [0.05, 0.1) is 35.8 Å². The van der Waals surface area contributed by atoms with Crippen LogP contribution in [0, 0.1) is 17.6 Å². The number of carbonyl (C=O) groups excluding carboxylic acids is 3. The number of fused-ring (bicyclic) bond motifs is 4. The monoisotopic (exact) mass is 620 g/mol. The van der Waals surface area contributed by atoms with Crippen molar-refractivity contribution in [3.05, 3.63) is 69.1 Å². The van der Waals surface area contributed by atoms with Gasteiger partial charge in [0.1, 0.15) is 28.6 Å². The molecule has 0 saturated carbocycles. The summed E-state index contributed by atoms with van der Waals surface area (Å²) >= 11 is 12.5. The van der Waals surface area contributed by atoms with Crippen molar-refractivity contribution in [2.24, 2.45) is 5.92 Å². The molecule has 42 heavy (non-hydrogen) atoms. The largest absolute Gasteiger partial charge is 0.469 e. The van der Waals surface area contributed by atoms with Gasteiger partial charge in [-0.3, -0.25) is 14.5 Å². The number of anilines is 1. The molecule has 2 bridgehead atoms. The minimum absolute atomic E-state index is 0.0118. The number of nitrogens with zero attached hydrogens (tertiary/aromatic N) is 2. The van der Waals surface area contributed by atoms with Gasteiger partial charge in [-0.25, -0.2) is 18.6 Å². The third kappa shape index (κ3) is 5.94. The molecule has 0 spiro atoms. The SMILES string of the molecule is COC(=O)Cc1ccc2c(c1)NC(=O)[C@H](C)CCC[C@H](N1CCC(c3c(F)ccc(Cl)c3F)OC1=O)c1nc-2c(Cl)[nH]1. The number of methoxy groups -OCH3 is 1. The van der Waals surface area contributed by atoms with E-state index in [4.69, 9.17) is 37.7 Å². The van der Waals surface area contributed by atoms with Crippen molar-refractivity contribution in [3.63, 3.8) is 0 Å². The summed E-state index contributed by atoms with van der Waals surface area (Å²) in [6.07, 6.45) is -0.316. The summed E-state index contributed by atoms with van der Waals surface area (Å²) in [7, 11) is 1.30. The summed E-state index contributed by atoms with van der Waals surface area (Å²) in [6.45, 7) is 1.93. The molecule has 0 radical (unpaired) electrons. The molecule has 2 N–H and O–H groups in total. The maximum atomic E-state index is 14.7. The van der Waals surface area contributed by atoms with Crippen LogP contribution in [0.4, 0.5) is 19.3 Å². The molecule has 222 valence electrons. The lowest BCUT2D eigenvalue weighted by Crippen LogP contribution is -2.42. The van der Waals surface area contributed by atoms with Crippen molar-refractivity contribution in [1.82, 2.24) is 14.9 Å². The first-order valence-corrected chi connectivity index (χ1v) is 14.2. The molecule has 3 aromatic rings. The van der Waals surface area contributed by atoms with E-state index in [-0.39, 0.29) is 47.0 Å². The average molecular weight is 621 g/mol. The Hall–Kier alpha value is -3.70. The van der Waals surface area contributed by atoms with E-state index in [1.165, 1.54) is 12.0 Å². The second-order valence-corrected chi connectivity index (χ2v) is 11.2. The van der Waals surface area contributed by atoms with Crippen LogP contribution in [-0.4, -0.2) is 46.5 Å². The first-order chi connectivity index (χ1) is 20.1. The molecular formula is C29H28Cl2F2N4O5. The minimum atomic E-state index is -1.15. The number of nitrogens with one attached hydrogen (secondary N) is 2. The van der Waals surface area contributed by atoms with Crippen molar-refractivity contribution in [3.8, 4) is 11.3 Å². The van der Waals surface area contributed by atoms with E-state index in [1.807, 2.05) is 0 Å². The number of ether oxygens (including phenoxy) is 2. The predicted octanol–water partition coefficient (Wildman–Crippen LogP) is 6.76. The highest BCUT2D eigenvalue weighted by atomic mass is 35.5. The van der Waals surface area contributed by atoms with Crippen LogP contribution in [0.3, 0.4) is 0 Å². The Labute approximate surface area is 250 Å². The number of esters is 1. The molecule has 1 fully saturated rings. The number of rotatable bonds is 4. The highest BCUT2D eigenvalue weighted by Gasteiger charge is 2.38. The second-order valence-electron chi connectivity index (χ2n) is 10.4. The van der Waals surface area contributed by atoms with Gasteiger partial charge in [0.25, 0.3) is 0 Å². The summed E-state index contributed by atoms with van der Waals surface area (Å²) in [5.41, 5.74) is 1.53. The maximum Gasteiger partial charge on any atom is 0.411 e. The van der Waals surface area contributed by atoms with E-state index in [0.717, 1.165) is 12.1 Å². The van der Waals surface area contributed by atoms with Crippen LogP contribution < -0.4 is 5.32 Å². The molecule has 9 nitrogen and oxygen atoms in total. The third-order valence-electron chi connectivity index (χ3n) is 7.62. The number of cyclic esters (lactones) is 1. The third-order valence-corrected chi connectivity index (χ3v) is 8.18. The molecule has 1 unspecified atom stereocenters. The smallest absolute Gasteiger partial charge is 0.411 e. The molecule has 1 aromatic heterocycles. The number of aromatic amines is 1. The maximum absolute atomic E-state index is 14.7. The average Bonchev–Trinajstić information content (AvgIpc) is 3.34.